The average Bonchev–Trinajstić information content (AvgIpc) is 2.51. The first kappa shape index (κ1) is 8.32. The number of nitrogens with zero attached hydrogens (tertiary/aromatic N) is 1. The minimum Gasteiger partial charge on any atom is -0.481 e. The number of hydrogen-bond acceptors (Lipinski definition) is 4. The Morgan fingerprint density at radius 3 is 2.83 bits per heavy atom. The lowest BCUT2D eigenvalue weighted by Gasteiger charge is -1.94. The van der Waals surface area contributed by atoms with E-state index in [4.69, 9.17) is 14.7 Å². The summed E-state index contributed by atoms with van der Waals surface area (Å²) in [4.78, 5) is 10.2. The molecule has 12 heavy (non-hydrogen) atoms. The van der Waals surface area contributed by atoms with Crippen LogP contribution in [0.1, 0.15) is 12.2 Å². The van der Waals surface area contributed by atoms with Gasteiger partial charge in [-0.25, -0.2) is 0 Å². The van der Waals surface area contributed by atoms with Gasteiger partial charge in [0.25, 0.3) is 0 Å². The molecule has 0 aromatic carbocycles. The molecule has 5 heteroatoms. The van der Waals surface area contributed by atoms with Crippen LogP contribution >= 0.6 is 0 Å². The summed E-state index contributed by atoms with van der Waals surface area (Å²) in [6.45, 7) is 0. The van der Waals surface area contributed by atoms with Gasteiger partial charge in [0.2, 0.25) is 0 Å². The topological polar surface area (TPSA) is 83.0 Å². The van der Waals surface area contributed by atoms with Crippen molar-refractivity contribution in [3.63, 3.8) is 0 Å². The van der Waals surface area contributed by atoms with Crippen molar-refractivity contribution in [3.05, 3.63) is 24.2 Å². The monoisotopic (exact) mass is 169 g/mol. The number of carboxylic acid groups (broad SMARTS) is 1. The van der Waals surface area contributed by atoms with E-state index in [0.29, 0.717) is 0 Å². The molecule has 0 unspecified atom stereocenters. The van der Waals surface area contributed by atoms with E-state index >= 15 is 0 Å². The molecule has 2 N–H and O–H groups in total. The predicted molar refractivity (Wildman–Crippen MR) is 39.3 cm³/mol. The zero-order chi connectivity index (χ0) is 8.97. The summed E-state index contributed by atoms with van der Waals surface area (Å²) in [6.07, 6.45) is 1.02. The fraction of sp³-hybridized carbons (Fsp3) is 0.143. The van der Waals surface area contributed by atoms with Gasteiger partial charge in [-0.2, -0.15) is 0 Å². The van der Waals surface area contributed by atoms with Crippen molar-refractivity contribution in [1.82, 2.24) is 0 Å². The average molecular weight is 169 g/mol. The Morgan fingerprint density at radius 1 is 1.67 bits per heavy atom. The molecule has 0 saturated heterocycles. The van der Waals surface area contributed by atoms with Crippen LogP contribution in [0.25, 0.3) is 0 Å². The summed E-state index contributed by atoms with van der Waals surface area (Å²) in [5.41, 5.74) is 0.00694. The van der Waals surface area contributed by atoms with Gasteiger partial charge in [0.15, 0.2) is 5.76 Å². The van der Waals surface area contributed by atoms with Gasteiger partial charge in [-0.05, 0) is 12.1 Å². The highest BCUT2D eigenvalue weighted by Gasteiger charge is 2.11. The Kier molecular flexibility index (Phi) is 2.47. The van der Waals surface area contributed by atoms with Crippen LogP contribution in [0.3, 0.4) is 0 Å². The van der Waals surface area contributed by atoms with Gasteiger partial charge in [0.1, 0.15) is 5.71 Å². The number of oxime groups is 1. The molecule has 0 aliphatic heterocycles. The Bertz CT molecular complexity index is 288. The second-order valence-electron chi connectivity index (χ2n) is 2.09. The van der Waals surface area contributed by atoms with Gasteiger partial charge < -0.3 is 14.7 Å². The molecular formula is C7H7NO4. The first-order valence-corrected chi connectivity index (χ1v) is 3.20. The molecule has 0 spiro atoms. The van der Waals surface area contributed by atoms with E-state index in [1.54, 1.807) is 6.07 Å². The first-order valence-electron chi connectivity index (χ1n) is 3.20. The van der Waals surface area contributed by atoms with Crippen LogP contribution in [0.5, 0.6) is 0 Å². The van der Waals surface area contributed by atoms with Crippen molar-refractivity contribution in [3.8, 4) is 0 Å². The van der Waals surface area contributed by atoms with Gasteiger partial charge >= 0.3 is 5.97 Å². The Balaban J connectivity index is 2.78. The lowest BCUT2D eigenvalue weighted by atomic mass is 10.2. The number of aliphatic carboxylic acids is 1. The second-order valence-corrected chi connectivity index (χ2v) is 2.09. The largest absolute Gasteiger partial charge is 0.481 e. The molecule has 0 amide bonds. The van der Waals surface area contributed by atoms with Crippen molar-refractivity contribution in [1.29, 1.82) is 0 Å². The van der Waals surface area contributed by atoms with Gasteiger partial charge in [-0.1, -0.05) is 5.16 Å². The molecular weight excluding hydrogens is 162 g/mol. The van der Waals surface area contributed by atoms with Crippen molar-refractivity contribution in [2.24, 2.45) is 5.16 Å². The molecule has 0 bridgehead atoms. The lowest BCUT2D eigenvalue weighted by molar-refractivity contribution is -0.135. The maximum absolute atomic E-state index is 10.2. The van der Waals surface area contributed by atoms with E-state index in [1.165, 1.54) is 12.3 Å². The van der Waals surface area contributed by atoms with Crippen molar-refractivity contribution < 1.29 is 19.5 Å². The number of hydrogen-bond donors (Lipinski definition) is 2. The number of rotatable bonds is 3. The maximum Gasteiger partial charge on any atom is 0.309 e. The molecule has 0 aliphatic rings. The molecule has 1 aromatic rings. The van der Waals surface area contributed by atoms with E-state index in [2.05, 4.69) is 5.16 Å². The third-order valence-corrected chi connectivity index (χ3v) is 1.24. The van der Waals surface area contributed by atoms with E-state index in [1.807, 2.05) is 0 Å². The Hall–Kier alpha value is -1.78. The molecule has 1 rings (SSSR count). The van der Waals surface area contributed by atoms with Crippen molar-refractivity contribution in [2.75, 3.05) is 0 Å². The summed E-state index contributed by atoms with van der Waals surface area (Å²) < 4.78 is 4.83. The van der Waals surface area contributed by atoms with Crippen LogP contribution in [0, 0.1) is 0 Å². The fourth-order valence-electron chi connectivity index (χ4n) is 0.758. The summed E-state index contributed by atoms with van der Waals surface area (Å²) in [7, 11) is 0. The predicted octanol–water partition coefficient (Wildman–Crippen LogP) is 0.933. The zero-order valence-electron chi connectivity index (χ0n) is 6.10. The number of carboxylic acids is 1. The fourth-order valence-corrected chi connectivity index (χ4v) is 0.758. The molecule has 0 saturated carbocycles. The molecule has 0 atom stereocenters. The van der Waals surface area contributed by atoms with Crippen LogP contribution in [-0.4, -0.2) is 22.0 Å². The first-order chi connectivity index (χ1) is 5.74. The highest BCUT2D eigenvalue weighted by atomic mass is 16.4. The Morgan fingerprint density at radius 2 is 2.42 bits per heavy atom. The molecule has 64 valence electrons. The molecule has 1 heterocycles. The highest BCUT2D eigenvalue weighted by molar-refractivity contribution is 6.06. The number of carbonyl (C=O) groups is 1. The van der Waals surface area contributed by atoms with Crippen molar-refractivity contribution >= 4 is 11.7 Å². The third-order valence-electron chi connectivity index (χ3n) is 1.24. The molecule has 0 radical (unpaired) electrons. The van der Waals surface area contributed by atoms with E-state index < -0.39 is 5.97 Å². The molecule has 1 aromatic heterocycles. The molecule has 0 fully saturated rings. The van der Waals surface area contributed by atoms with Gasteiger partial charge in [-0.15, -0.1) is 0 Å². The zero-order valence-corrected chi connectivity index (χ0v) is 6.10. The number of furan rings is 1. The van der Waals surface area contributed by atoms with E-state index in [0.717, 1.165) is 0 Å². The van der Waals surface area contributed by atoms with Crippen LogP contribution in [0.2, 0.25) is 0 Å². The quantitative estimate of drug-likeness (QED) is 0.400. The van der Waals surface area contributed by atoms with Gasteiger partial charge in [-0.3, -0.25) is 4.79 Å². The third kappa shape index (κ3) is 1.85. The van der Waals surface area contributed by atoms with Crippen LogP contribution in [0.15, 0.2) is 28.0 Å². The summed E-state index contributed by atoms with van der Waals surface area (Å²) in [6, 6.07) is 3.11. The van der Waals surface area contributed by atoms with Crippen LogP contribution < -0.4 is 0 Å². The Labute approximate surface area is 67.9 Å². The van der Waals surface area contributed by atoms with E-state index in [-0.39, 0.29) is 17.9 Å². The van der Waals surface area contributed by atoms with Crippen LogP contribution in [0.4, 0.5) is 0 Å². The minimum atomic E-state index is -1.07. The van der Waals surface area contributed by atoms with Gasteiger partial charge in [0, 0.05) is 0 Å². The lowest BCUT2D eigenvalue weighted by Crippen LogP contribution is -2.07. The summed E-state index contributed by atoms with van der Waals surface area (Å²) >= 11 is 0. The smallest absolute Gasteiger partial charge is 0.309 e. The molecule has 0 aliphatic carbocycles. The summed E-state index contributed by atoms with van der Waals surface area (Å²) in [5, 5.41) is 19.6. The standard InChI is InChI=1S/C7H7NO4/c9-7(10)4-5(8-11)6-2-1-3-12-6/h1-3,11H,4H2,(H,9,10)/b8-5-. The van der Waals surface area contributed by atoms with E-state index in [9.17, 15) is 4.79 Å². The normalized spacial score (nSPS) is 11.5. The van der Waals surface area contributed by atoms with Crippen LogP contribution in [-0.2, 0) is 4.79 Å². The molecule has 5 nitrogen and oxygen atoms in total. The SMILES string of the molecule is O=C(O)C/C(=N/O)c1ccco1. The summed E-state index contributed by atoms with van der Waals surface area (Å²) in [5.74, 6) is -0.806. The van der Waals surface area contributed by atoms with Crippen molar-refractivity contribution in [2.45, 2.75) is 6.42 Å². The maximum atomic E-state index is 10.2. The minimum absolute atomic E-state index is 0.00694. The highest BCUT2D eigenvalue weighted by Crippen LogP contribution is 2.04. The van der Waals surface area contributed by atoms with Gasteiger partial charge in [0.05, 0.1) is 12.7 Å². The second kappa shape index (κ2) is 3.56.